The predicted octanol–water partition coefficient (Wildman–Crippen LogP) is 2.18. The van der Waals surface area contributed by atoms with Crippen LogP contribution in [0.2, 0.25) is 0 Å². The zero-order chi connectivity index (χ0) is 15.9. The first-order valence-electron chi connectivity index (χ1n) is 8.89. The van der Waals surface area contributed by atoms with Crippen LogP contribution in [0, 0.1) is 5.92 Å². The van der Waals surface area contributed by atoms with E-state index in [9.17, 15) is 4.79 Å². The predicted molar refractivity (Wildman–Crippen MR) is 95.2 cm³/mol. The Hall–Kier alpha value is -0.260. The third-order valence-electron chi connectivity index (χ3n) is 5.21. The Bertz CT molecular complexity index is 353. The average molecular weight is 328 g/mol. The van der Waals surface area contributed by atoms with Crippen LogP contribution in [0.15, 0.2) is 0 Å². The lowest BCUT2D eigenvalue weighted by Crippen LogP contribution is -2.50. The first-order valence-corrected chi connectivity index (χ1v) is 10.3. The van der Waals surface area contributed by atoms with Crippen molar-refractivity contribution in [2.24, 2.45) is 11.7 Å². The molecule has 128 valence electrons. The van der Waals surface area contributed by atoms with Crippen LogP contribution in [0.25, 0.3) is 0 Å². The first kappa shape index (κ1) is 18.1. The van der Waals surface area contributed by atoms with Gasteiger partial charge in [-0.3, -0.25) is 4.79 Å². The fourth-order valence-corrected chi connectivity index (χ4v) is 4.27. The van der Waals surface area contributed by atoms with Crippen molar-refractivity contribution in [1.82, 2.24) is 9.80 Å². The van der Waals surface area contributed by atoms with Gasteiger partial charge in [0.15, 0.2) is 0 Å². The molecule has 3 atom stereocenters. The monoisotopic (exact) mass is 327 g/mol. The highest BCUT2D eigenvalue weighted by atomic mass is 32.2. The van der Waals surface area contributed by atoms with E-state index in [-0.39, 0.29) is 11.9 Å². The summed E-state index contributed by atoms with van der Waals surface area (Å²) in [7, 11) is 0. The Morgan fingerprint density at radius 1 is 1.27 bits per heavy atom. The molecular formula is C17H33N3OS. The van der Waals surface area contributed by atoms with E-state index in [0.29, 0.717) is 12.0 Å². The van der Waals surface area contributed by atoms with Gasteiger partial charge in [0.1, 0.15) is 0 Å². The maximum Gasteiger partial charge on any atom is 0.239 e. The number of nitrogens with two attached hydrogens (primary N) is 1. The van der Waals surface area contributed by atoms with Crippen molar-refractivity contribution in [3.63, 3.8) is 0 Å². The molecule has 0 aromatic rings. The second kappa shape index (κ2) is 9.14. The number of thioether (sulfide) groups is 1. The summed E-state index contributed by atoms with van der Waals surface area (Å²) in [6.07, 6.45) is 9.28. The summed E-state index contributed by atoms with van der Waals surface area (Å²) in [6, 6.07) is 0.406. The standard InChI is InChI=1S/C17H33N3OS/c1-14-6-3-4-9-19(14)12-15-7-5-10-20(13-15)17(21)16(18)8-11-22-2/h14-16H,3-13,18H2,1-2H3/t14?,15?,16-/m0/s1. The highest BCUT2D eigenvalue weighted by Gasteiger charge is 2.29. The van der Waals surface area contributed by atoms with Crippen molar-refractivity contribution in [2.75, 3.05) is 38.2 Å². The smallest absolute Gasteiger partial charge is 0.239 e. The van der Waals surface area contributed by atoms with Gasteiger partial charge in [-0.1, -0.05) is 6.42 Å². The molecule has 2 aliphatic rings. The Morgan fingerprint density at radius 3 is 2.82 bits per heavy atom. The van der Waals surface area contributed by atoms with Gasteiger partial charge in [0.25, 0.3) is 0 Å². The Labute approximate surface area is 140 Å². The molecule has 2 unspecified atom stereocenters. The number of rotatable bonds is 6. The summed E-state index contributed by atoms with van der Waals surface area (Å²) in [6.45, 7) is 6.56. The largest absolute Gasteiger partial charge is 0.341 e. The summed E-state index contributed by atoms with van der Waals surface area (Å²) in [5, 5.41) is 0. The molecule has 0 bridgehead atoms. The molecule has 0 aliphatic carbocycles. The number of hydrogen-bond donors (Lipinski definition) is 1. The second-order valence-corrected chi connectivity index (χ2v) is 8.01. The Morgan fingerprint density at radius 2 is 2.09 bits per heavy atom. The van der Waals surface area contributed by atoms with Crippen LogP contribution < -0.4 is 5.73 Å². The van der Waals surface area contributed by atoms with Crippen molar-refractivity contribution in [1.29, 1.82) is 0 Å². The molecule has 2 saturated heterocycles. The summed E-state index contributed by atoms with van der Waals surface area (Å²) in [5.74, 6) is 1.77. The summed E-state index contributed by atoms with van der Waals surface area (Å²) >= 11 is 1.76. The van der Waals surface area contributed by atoms with Gasteiger partial charge in [-0.05, 0) is 63.5 Å². The van der Waals surface area contributed by atoms with E-state index in [2.05, 4.69) is 18.1 Å². The van der Waals surface area contributed by atoms with Crippen LogP contribution in [-0.2, 0) is 4.79 Å². The minimum Gasteiger partial charge on any atom is -0.341 e. The van der Waals surface area contributed by atoms with E-state index in [1.807, 2.05) is 4.90 Å². The molecule has 0 saturated carbocycles. The molecule has 0 aromatic carbocycles. The lowest BCUT2D eigenvalue weighted by molar-refractivity contribution is -0.134. The number of likely N-dealkylation sites (tertiary alicyclic amines) is 2. The number of piperidine rings is 2. The normalized spacial score (nSPS) is 28.6. The maximum atomic E-state index is 12.5. The third-order valence-corrected chi connectivity index (χ3v) is 5.86. The van der Waals surface area contributed by atoms with Crippen LogP contribution in [0.3, 0.4) is 0 Å². The molecule has 0 radical (unpaired) electrons. The summed E-state index contributed by atoms with van der Waals surface area (Å²) in [4.78, 5) is 17.2. The van der Waals surface area contributed by atoms with Gasteiger partial charge >= 0.3 is 0 Å². The second-order valence-electron chi connectivity index (χ2n) is 7.02. The minimum absolute atomic E-state index is 0.172. The van der Waals surface area contributed by atoms with Crippen LogP contribution >= 0.6 is 11.8 Å². The van der Waals surface area contributed by atoms with E-state index >= 15 is 0 Å². The van der Waals surface area contributed by atoms with Crippen molar-refractivity contribution in [3.05, 3.63) is 0 Å². The van der Waals surface area contributed by atoms with Gasteiger partial charge < -0.3 is 15.5 Å². The topological polar surface area (TPSA) is 49.6 Å². The van der Waals surface area contributed by atoms with Crippen LogP contribution in [0.4, 0.5) is 0 Å². The SMILES string of the molecule is CSCC[C@H](N)C(=O)N1CCCC(CN2CCCCC2C)C1. The zero-order valence-electron chi connectivity index (χ0n) is 14.3. The first-order chi connectivity index (χ1) is 10.6. The highest BCUT2D eigenvalue weighted by Crippen LogP contribution is 2.23. The Balaban J connectivity index is 1.81. The molecule has 0 aromatic heterocycles. The summed E-state index contributed by atoms with van der Waals surface area (Å²) in [5.41, 5.74) is 6.07. The van der Waals surface area contributed by atoms with Crippen molar-refractivity contribution in [2.45, 2.75) is 57.5 Å². The quantitative estimate of drug-likeness (QED) is 0.812. The molecule has 2 aliphatic heterocycles. The maximum absolute atomic E-state index is 12.5. The fraction of sp³-hybridized carbons (Fsp3) is 0.941. The number of hydrogen-bond acceptors (Lipinski definition) is 4. The van der Waals surface area contributed by atoms with Gasteiger partial charge in [0, 0.05) is 25.7 Å². The van der Waals surface area contributed by atoms with E-state index in [4.69, 9.17) is 5.73 Å². The van der Waals surface area contributed by atoms with Crippen LogP contribution in [0.5, 0.6) is 0 Å². The van der Waals surface area contributed by atoms with Crippen molar-refractivity contribution >= 4 is 17.7 Å². The third kappa shape index (κ3) is 5.14. The van der Waals surface area contributed by atoms with Crippen LogP contribution in [-0.4, -0.2) is 66.0 Å². The molecule has 1 amide bonds. The zero-order valence-corrected chi connectivity index (χ0v) is 15.1. The van der Waals surface area contributed by atoms with Crippen molar-refractivity contribution < 1.29 is 4.79 Å². The van der Waals surface area contributed by atoms with E-state index in [1.165, 1.54) is 32.2 Å². The van der Waals surface area contributed by atoms with Gasteiger partial charge in [-0.2, -0.15) is 11.8 Å². The molecule has 22 heavy (non-hydrogen) atoms. The summed E-state index contributed by atoms with van der Waals surface area (Å²) < 4.78 is 0. The molecule has 0 spiro atoms. The highest BCUT2D eigenvalue weighted by molar-refractivity contribution is 7.98. The van der Waals surface area contributed by atoms with Gasteiger partial charge in [0.05, 0.1) is 6.04 Å². The fourth-order valence-electron chi connectivity index (χ4n) is 3.78. The van der Waals surface area contributed by atoms with E-state index in [0.717, 1.165) is 38.2 Å². The van der Waals surface area contributed by atoms with Crippen molar-refractivity contribution in [3.8, 4) is 0 Å². The van der Waals surface area contributed by atoms with Gasteiger partial charge in [0.2, 0.25) is 5.91 Å². The van der Waals surface area contributed by atoms with Gasteiger partial charge in [-0.25, -0.2) is 0 Å². The molecule has 2 fully saturated rings. The van der Waals surface area contributed by atoms with Crippen LogP contribution in [0.1, 0.15) is 45.4 Å². The molecule has 2 rings (SSSR count). The number of nitrogens with zero attached hydrogens (tertiary/aromatic N) is 2. The number of carbonyl (C=O) groups is 1. The van der Waals surface area contributed by atoms with E-state index in [1.54, 1.807) is 11.8 Å². The minimum atomic E-state index is -0.305. The number of amides is 1. The lowest BCUT2D eigenvalue weighted by atomic mass is 9.94. The number of carbonyl (C=O) groups excluding carboxylic acids is 1. The molecular weight excluding hydrogens is 294 g/mol. The molecule has 2 N–H and O–H groups in total. The lowest BCUT2D eigenvalue weighted by Gasteiger charge is -2.40. The molecule has 4 nitrogen and oxygen atoms in total. The van der Waals surface area contributed by atoms with Gasteiger partial charge in [-0.15, -0.1) is 0 Å². The average Bonchev–Trinajstić information content (AvgIpc) is 2.54. The molecule has 2 heterocycles. The Kier molecular flexibility index (Phi) is 7.51. The van der Waals surface area contributed by atoms with E-state index < -0.39 is 0 Å². The molecule has 5 heteroatoms.